The highest BCUT2D eigenvalue weighted by molar-refractivity contribution is 5.99. The molecule has 0 bridgehead atoms. The van der Waals surface area contributed by atoms with E-state index in [1.54, 1.807) is 6.07 Å². The van der Waals surface area contributed by atoms with Gasteiger partial charge in [-0.2, -0.15) is 5.26 Å². The topological polar surface area (TPSA) is 117 Å². The van der Waals surface area contributed by atoms with Gasteiger partial charge in [0.25, 0.3) is 5.91 Å². The Balaban J connectivity index is 2.35. The number of amides is 1. The van der Waals surface area contributed by atoms with Gasteiger partial charge in [0.15, 0.2) is 0 Å². The van der Waals surface area contributed by atoms with Crippen LogP contribution >= 0.6 is 0 Å². The fraction of sp³-hybridized carbons (Fsp3) is 0.615. The summed E-state index contributed by atoms with van der Waals surface area (Å²) in [5.41, 5.74) is -0.136. The summed E-state index contributed by atoms with van der Waals surface area (Å²) >= 11 is 0. The molecule has 0 saturated carbocycles. The van der Waals surface area contributed by atoms with E-state index >= 15 is 0 Å². The fourth-order valence-electron chi connectivity index (χ4n) is 1.82. The number of rotatable bonds is 7. The molecule has 0 aromatic carbocycles. The predicted molar refractivity (Wildman–Crippen MR) is 76.2 cm³/mol. The molecule has 1 aliphatic heterocycles. The minimum Gasteiger partial charge on any atom is -0.480 e. The summed E-state index contributed by atoms with van der Waals surface area (Å²) in [6.07, 6.45) is 1.33. The lowest BCUT2D eigenvalue weighted by Crippen LogP contribution is -2.45. The van der Waals surface area contributed by atoms with Crippen molar-refractivity contribution in [1.29, 1.82) is 5.26 Å². The highest BCUT2D eigenvalue weighted by Gasteiger charge is 2.16. The number of nitrogens with zero attached hydrogens (tertiary/aromatic N) is 2. The molecule has 0 aromatic rings. The summed E-state index contributed by atoms with van der Waals surface area (Å²) in [6, 6.07) is 0.722. The Morgan fingerprint density at radius 2 is 2.14 bits per heavy atom. The third kappa shape index (κ3) is 6.25. The van der Waals surface area contributed by atoms with E-state index in [2.05, 4.69) is 20.9 Å². The van der Waals surface area contributed by atoms with Gasteiger partial charge in [0.2, 0.25) is 0 Å². The van der Waals surface area contributed by atoms with Crippen molar-refractivity contribution >= 4 is 11.9 Å². The summed E-state index contributed by atoms with van der Waals surface area (Å²) in [7, 11) is 0. The molecule has 1 rings (SSSR count). The number of aliphatic carboxylic acids is 1. The fourth-order valence-corrected chi connectivity index (χ4v) is 1.82. The number of carbonyl (C=O) groups is 2. The van der Waals surface area contributed by atoms with Crippen LogP contribution in [0.3, 0.4) is 0 Å². The molecule has 8 heteroatoms. The predicted octanol–water partition coefficient (Wildman–Crippen LogP) is -1.52. The van der Waals surface area contributed by atoms with E-state index in [-0.39, 0.29) is 5.57 Å². The largest absolute Gasteiger partial charge is 0.480 e. The van der Waals surface area contributed by atoms with Crippen molar-refractivity contribution in [3.05, 3.63) is 11.8 Å². The molecule has 116 valence electrons. The van der Waals surface area contributed by atoms with Gasteiger partial charge in [-0.3, -0.25) is 14.5 Å². The zero-order valence-electron chi connectivity index (χ0n) is 12.1. The number of piperazine rings is 1. The van der Waals surface area contributed by atoms with Crippen LogP contribution in [0.25, 0.3) is 0 Å². The van der Waals surface area contributed by atoms with E-state index in [1.807, 2.05) is 0 Å². The van der Waals surface area contributed by atoms with Crippen molar-refractivity contribution in [2.24, 2.45) is 0 Å². The molecular weight excluding hydrogens is 274 g/mol. The van der Waals surface area contributed by atoms with Gasteiger partial charge in [-0.15, -0.1) is 0 Å². The molecule has 21 heavy (non-hydrogen) atoms. The van der Waals surface area contributed by atoms with E-state index in [9.17, 15) is 9.59 Å². The molecule has 0 aliphatic carbocycles. The van der Waals surface area contributed by atoms with Crippen LogP contribution in [0, 0.1) is 11.3 Å². The Hall–Kier alpha value is -2.11. The molecule has 1 atom stereocenters. The number of nitrogens with one attached hydrogen (secondary N) is 3. The normalized spacial score (nSPS) is 17.6. The summed E-state index contributed by atoms with van der Waals surface area (Å²) in [5, 5.41) is 26.0. The van der Waals surface area contributed by atoms with Crippen molar-refractivity contribution in [3.8, 4) is 6.07 Å². The van der Waals surface area contributed by atoms with Crippen LogP contribution in [-0.2, 0) is 9.59 Å². The highest BCUT2D eigenvalue weighted by Crippen LogP contribution is 1.94. The Labute approximate surface area is 123 Å². The SMILES string of the molecule is CC(NC(=O)/C(C#N)=C\NCCN1CCNCC1)C(=O)O. The van der Waals surface area contributed by atoms with Gasteiger partial charge in [-0.1, -0.05) is 0 Å². The molecule has 1 saturated heterocycles. The first-order chi connectivity index (χ1) is 10.0. The minimum absolute atomic E-state index is 0.136. The van der Waals surface area contributed by atoms with Crippen molar-refractivity contribution in [1.82, 2.24) is 20.9 Å². The van der Waals surface area contributed by atoms with E-state index in [0.29, 0.717) is 6.54 Å². The summed E-state index contributed by atoms with van der Waals surface area (Å²) in [4.78, 5) is 24.6. The molecule has 1 unspecified atom stereocenters. The summed E-state index contributed by atoms with van der Waals surface area (Å²) < 4.78 is 0. The lowest BCUT2D eigenvalue weighted by molar-refractivity contribution is -0.140. The molecule has 8 nitrogen and oxygen atoms in total. The van der Waals surface area contributed by atoms with Crippen molar-refractivity contribution < 1.29 is 14.7 Å². The van der Waals surface area contributed by atoms with Gasteiger partial charge >= 0.3 is 5.97 Å². The number of hydrogen-bond acceptors (Lipinski definition) is 6. The van der Waals surface area contributed by atoms with Crippen LogP contribution in [0.4, 0.5) is 0 Å². The average Bonchev–Trinajstić information content (AvgIpc) is 2.48. The molecule has 0 aromatic heterocycles. The van der Waals surface area contributed by atoms with E-state index in [1.165, 1.54) is 13.1 Å². The maximum atomic E-state index is 11.7. The van der Waals surface area contributed by atoms with E-state index in [4.69, 9.17) is 10.4 Å². The van der Waals surface area contributed by atoms with Gasteiger partial charge in [0.05, 0.1) is 0 Å². The van der Waals surface area contributed by atoms with E-state index in [0.717, 1.165) is 32.7 Å². The zero-order valence-corrected chi connectivity index (χ0v) is 12.1. The van der Waals surface area contributed by atoms with Gasteiger partial charge in [0.1, 0.15) is 17.7 Å². The van der Waals surface area contributed by atoms with Crippen molar-refractivity contribution in [2.45, 2.75) is 13.0 Å². The van der Waals surface area contributed by atoms with Crippen molar-refractivity contribution in [2.75, 3.05) is 39.3 Å². The van der Waals surface area contributed by atoms with Gasteiger partial charge < -0.3 is 21.1 Å². The monoisotopic (exact) mass is 295 g/mol. The number of hydrogen-bond donors (Lipinski definition) is 4. The summed E-state index contributed by atoms with van der Waals surface area (Å²) in [5.74, 6) is -1.84. The van der Waals surface area contributed by atoms with Crippen LogP contribution < -0.4 is 16.0 Å². The maximum absolute atomic E-state index is 11.7. The first kappa shape index (κ1) is 16.9. The van der Waals surface area contributed by atoms with E-state index < -0.39 is 17.9 Å². The first-order valence-corrected chi connectivity index (χ1v) is 6.85. The zero-order chi connectivity index (χ0) is 15.7. The van der Waals surface area contributed by atoms with Crippen LogP contribution in [0.1, 0.15) is 6.92 Å². The Bertz CT molecular complexity index is 438. The third-order valence-corrected chi connectivity index (χ3v) is 3.11. The van der Waals surface area contributed by atoms with Crippen LogP contribution in [0.5, 0.6) is 0 Å². The Morgan fingerprint density at radius 1 is 1.48 bits per heavy atom. The molecule has 1 aliphatic rings. The van der Waals surface area contributed by atoms with Crippen LogP contribution in [0.2, 0.25) is 0 Å². The molecule has 0 radical (unpaired) electrons. The highest BCUT2D eigenvalue weighted by atomic mass is 16.4. The molecule has 1 amide bonds. The Kier molecular flexibility index (Phi) is 7.21. The standard InChI is InChI=1S/C13H21N5O3/c1-10(13(20)21)17-12(19)11(8-14)9-16-4-7-18-5-2-15-3-6-18/h9-10,15-16H,2-7H2,1H3,(H,17,19)(H,20,21)/b11-9-. The maximum Gasteiger partial charge on any atom is 0.325 e. The molecule has 0 spiro atoms. The van der Waals surface area contributed by atoms with Crippen LogP contribution in [0.15, 0.2) is 11.8 Å². The van der Waals surface area contributed by atoms with Crippen LogP contribution in [-0.4, -0.2) is 67.2 Å². The van der Waals surface area contributed by atoms with Gasteiger partial charge in [0, 0.05) is 45.5 Å². The second kappa shape index (κ2) is 8.94. The third-order valence-electron chi connectivity index (χ3n) is 3.11. The molecule has 4 N–H and O–H groups in total. The minimum atomic E-state index is -1.15. The van der Waals surface area contributed by atoms with Gasteiger partial charge in [-0.25, -0.2) is 0 Å². The molecular formula is C13H21N5O3. The number of carbonyl (C=O) groups excluding carboxylic acids is 1. The smallest absolute Gasteiger partial charge is 0.325 e. The first-order valence-electron chi connectivity index (χ1n) is 6.85. The lowest BCUT2D eigenvalue weighted by atomic mass is 10.2. The average molecular weight is 295 g/mol. The Morgan fingerprint density at radius 3 is 2.71 bits per heavy atom. The summed E-state index contributed by atoms with van der Waals surface area (Å²) in [6.45, 7) is 6.67. The number of carboxylic acids is 1. The number of carboxylic acid groups (broad SMARTS) is 1. The van der Waals surface area contributed by atoms with Crippen molar-refractivity contribution in [3.63, 3.8) is 0 Å². The van der Waals surface area contributed by atoms with Gasteiger partial charge in [-0.05, 0) is 6.92 Å². The number of nitriles is 1. The second-order valence-electron chi connectivity index (χ2n) is 4.75. The quantitative estimate of drug-likeness (QED) is 0.256. The molecule has 1 heterocycles. The molecule has 1 fully saturated rings. The lowest BCUT2D eigenvalue weighted by Gasteiger charge is -2.26. The second-order valence-corrected chi connectivity index (χ2v) is 4.75.